The number of carbonyl (C=O) groups excluding carboxylic acids is 1. The average Bonchev–Trinajstić information content (AvgIpc) is 3.11. The number of amides is 1. The molecule has 4 heterocycles. The number of fused-ring (bicyclic) bond motifs is 1. The zero-order valence-electron chi connectivity index (χ0n) is 12.2. The summed E-state index contributed by atoms with van der Waals surface area (Å²) in [5.74, 6) is 0.509. The highest BCUT2D eigenvalue weighted by molar-refractivity contribution is 9.10. The summed E-state index contributed by atoms with van der Waals surface area (Å²) in [7, 11) is 0. The summed E-state index contributed by atoms with van der Waals surface area (Å²) in [6.07, 6.45) is 2.99. The molecular weight excluding hydrogens is 362 g/mol. The highest BCUT2D eigenvalue weighted by Crippen LogP contribution is 2.31. The predicted molar refractivity (Wildman–Crippen MR) is 86.2 cm³/mol. The summed E-state index contributed by atoms with van der Waals surface area (Å²) in [6.45, 7) is 2.17. The molecule has 0 aromatic carbocycles. The van der Waals surface area contributed by atoms with E-state index in [-0.39, 0.29) is 12.6 Å². The first kappa shape index (κ1) is 14.1. The maximum absolute atomic E-state index is 12.2. The average molecular weight is 374 g/mol. The SMILES string of the molecule is Cc1cccc(C2COC(=O)N2c2ccn3ncc(Br)c3n2)n1. The van der Waals surface area contributed by atoms with Crippen LogP contribution in [0.3, 0.4) is 0 Å². The molecule has 7 nitrogen and oxygen atoms in total. The Hall–Kier alpha value is -2.48. The van der Waals surface area contributed by atoms with E-state index in [0.29, 0.717) is 11.5 Å². The van der Waals surface area contributed by atoms with Crippen LogP contribution in [0.25, 0.3) is 5.65 Å². The van der Waals surface area contributed by atoms with Crippen LogP contribution in [0.2, 0.25) is 0 Å². The van der Waals surface area contributed by atoms with E-state index in [1.54, 1.807) is 23.0 Å². The standard InChI is InChI=1S/C15H12BrN5O2/c1-9-3-2-4-11(18-9)12-8-23-15(22)21(12)13-5-6-20-14(19-13)10(16)7-17-20/h2-7,12H,8H2,1H3. The van der Waals surface area contributed by atoms with Gasteiger partial charge >= 0.3 is 6.09 Å². The van der Waals surface area contributed by atoms with Gasteiger partial charge in [0.15, 0.2) is 5.65 Å². The van der Waals surface area contributed by atoms with E-state index < -0.39 is 6.09 Å². The van der Waals surface area contributed by atoms with Gasteiger partial charge in [-0.3, -0.25) is 4.98 Å². The number of pyridine rings is 1. The van der Waals surface area contributed by atoms with Crippen LogP contribution in [0.15, 0.2) is 41.1 Å². The molecule has 4 rings (SSSR count). The summed E-state index contributed by atoms with van der Waals surface area (Å²) in [4.78, 5) is 22.8. The molecule has 1 unspecified atom stereocenters. The van der Waals surface area contributed by atoms with E-state index in [1.807, 2.05) is 25.1 Å². The molecule has 0 saturated carbocycles. The Bertz CT molecular complexity index is 910. The number of nitrogens with zero attached hydrogens (tertiary/aromatic N) is 5. The third-order valence-electron chi connectivity index (χ3n) is 3.68. The molecule has 1 aliphatic rings. The molecule has 0 radical (unpaired) electrons. The van der Waals surface area contributed by atoms with Crippen LogP contribution in [-0.2, 0) is 4.74 Å². The lowest BCUT2D eigenvalue weighted by atomic mass is 10.1. The van der Waals surface area contributed by atoms with Crippen LogP contribution in [0.4, 0.5) is 10.6 Å². The number of halogens is 1. The normalized spacial score (nSPS) is 17.7. The molecular formula is C15H12BrN5O2. The molecule has 0 bridgehead atoms. The Morgan fingerprint density at radius 3 is 3.00 bits per heavy atom. The number of rotatable bonds is 2. The molecule has 1 saturated heterocycles. The lowest BCUT2D eigenvalue weighted by Gasteiger charge is -2.20. The van der Waals surface area contributed by atoms with Gasteiger partial charge in [0.25, 0.3) is 0 Å². The lowest BCUT2D eigenvalue weighted by molar-refractivity contribution is 0.178. The van der Waals surface area contributed by atoms with Gasteiger partial charge in [-0.1, -0.05) is 6.07 Å². The number of cyclic esters (lactones) is 1. The molecule has 1 fully saturated rings. The van der Waals surface area contributed by atoms with Crippen LogP contribution >= 0.6 is 15.9 Å². The van der Waals surface area contributed by atoms with Crippen molar-refractivity contribution in [3.63, 3.8) is 0 Å². The fraction of sp³-hybridized carbons (Fsp3) is 0.200. The van der Waals surface area contributed by atoms with Crippen molar-refractivity contribution in [1.29, 1.82) is 0 Å². The Balaban J connectivity index is 1.79. The van der Waals surface area contributed by atoms with Crippen LogP contribution in [0, 0.1) is 6.92 Å². The van der Waals surface area contributed by atoms with Crippen molar-refractivity contribution in [3.8, 4) is 0 Å². The van der Waals surface area contributed by atoms with Gasteiger partial charge in [-0.2, -0.15) is 5.10 Å². The third kappa shape index (κ3) is 2.35. The van der Waals surface area contributed by atoms with Crippen molar-refractivity contribution in [3.05, 3.63) is 52.5 Å². The molecule has 8 heteroatoms. The first-order valence-corrected chi connectivity index (χ1v) is 7.82. The quantitative estimate of drug-likeness (QED) is 0.690. The third-order valence-corrected chi connectivity index (χ3v) is 4.24. The van der Waals surface area contributed by atoms with E-state index >= 15 is 0 Å². The summed E-state index contributed by atoms with van der Waals surface area (Å²) in [5, 5.41) is 4.15. The van der Waals surface area contributed by atoms with E-state index in [2.05, 4.69) is 31.0 Å². The molecule has 116 valence electrons. The summed E-state index contributed by atoms with van der Waals surface area (Å²) in [5.41, 5.74) is 2.31. The molecule has 0 N–H and O–H groups in total. The van der Waals surface area contributed by atoms with Crippen LogP contribution < -0.4 is 4.90 Å². The Labute approximate surface area is 140 Å². The van der Waals surface area contributed by atoms with E-state index in [4.69, 9.17) is 4.74 Å². The largest absolute Gasteiger partial charge is 0.446 e. The Morgan fingerprint density at radius 2 is 2.17 bits per heavy atom. The van der Waals surface area contributed by atoms with Gasteiger partial charge < -0.3 is 4.74 Å². The van der Waals surface area contributed by atoms with E-state index in [9.17, 15) is 4.79 Å². The van der Waals surface area contributed by atoms with Crippen LogP contribution in [-0.4, -0.2) is 32.3 Å². The minimum absolute atomic E-state index is 0.253. The van der Waals surface area contributed by atoms with Crippen molar-refractivity contribution in [2.45, 2.75) is 13.0 Å². The van der Waals surface area contributed by atoms with Gasteiger partial charge in [-0.15, -0.1) is 0 Å². The Kier molecular flexibility index (Phi) is 3.26. The maximum Gasteiger partial charge on any atom is 0.416 e. The topological polar surface area (TPSA) is 72.6 Å². The second kappa shape index (κ2) is 5.31. The predicted octanol–water partition coefficient (Wildman–Crippen LogP) is 2.89. The summed E-state index contributed by atoms with van der Waals surface area (Å²) < 4.78 is 7.62. The molecule has 1 amide bonds. The molecule has 23 heavy (non-hydrogen) atoms. The number of aromatic nitrogens is 4. The monoisotopic (exact) mass is 373 g/mol. The number of hydrogen-bond acceptors (Lipinski definition) is 5. The van der Waals surface area contributed by atoms with Gasteiger partial charge in [0.05, 0.1) is 16.4 Å². The fourth-order valence-corrected chi connectivity index (χ4v) is 2.97. The van der Waals surface area contributed by atoms with Crippen LogP contribution in [0.5, 0.6) is 0 Å². The molecule has 1 aliphatic heterocycles. The van der Waals surface area contributed by atoms with Gasteiger partial charge in [0.1, 0.15) is 18.5 Å². The number of anilines is 1. The molecule has 3 aromatic rings. The Morgan fingerprint density at radius 1 is 1.30 bits per heavy atom. The minimum Gasteiger partial charge on any atom is -0.446 e. The minimum atomic E-state index is -0.425. The first-order valence-electron chi connectivity index (χ1n) is 7.03. The highest BCUT2D eigenvalue weighted by Gasteiger charge is 2.37. The van der Waals surface area contributed by atoms with Gasteiger partial charge in [0.2, 0.25) is 0 Å². The summed E-state index contributed by atoms with van der Waals surface area (Å²) >= 11 is 3.40. The van der Waals surface area contributed by atoms with E-state index in [0.717, 1.165) is 15.9 Å². The van der Waals surface area contributed by atoms with Crippen molar-refractivity contribution in [2.24, 2.45) is 0 Å². The summed E-state index contributed by atoms with van der Waals surface area (Å²) in [6, 6.07) is 7.17. The fourth-order valence-electron chi connectivity index (χ4n) is 2.61. The van der Waals surface area contributed by atoms with Crippen molar-refractivity contribution in [1.82, 2.24) is 19.6 Å². The zero-order valence-corrected chi connectivity index (χ0v) is 13.8. The van der Waals surface area contributed by atoms with Gasteiger partial charge in [0, 0.05) is 11.9 Å². The second-order valence-corrected chi connectivity index (χ2v) is 6.07. The zero-order chi connectivity index (χ0) is 16.0. The maximum atomic E-state index is 12.2. The number of ether oxygens (including phenoxy) is 1. The highest BCUT2D eigenvalue weighted by atomic mass is 79.9. The van der Waals surface area contributed by atoms with Gasteiger partial charge in [-0.25, -0.2) is 19.2 Å². The van der Waals surface area contributed by atoms with Crippen molar-refractivity contribution < 1.29 is 9.53 Å². The van der Waals surface area contributed by atoms with Crippen LogP contribution in [0.1, 0.15) is 17.4 Å². The number of aryl methyl sites for hydroxylation is 1. The lowest BCUT2D eigenvalue weighted by Crippen LogP contribution is -2.29. The molecule has 0 spiro atoms. The van der Waals surface area contributed by atoms with Crippen molar-refractivity contribution in [2.75, 3.05) is 11.5 Å². The van der Waals surface area contributed by atoms with E-state index in [1.165, 1.54) is 4.90 Å². The molecule has 1 atom stereocenters. The molecule has 0 aliphatic carbocycles. The van der Waals surface area contributed by atoms with Crippen molar-refractivity contribution >= 4 is 33.5 Å². The first-order chi connectivity index (χ1) is 11.1. The second-order valence-electron chi connectivity index (χ2n) is 5.21. The molecule has 3 aromatic heterocycles. The van der Waals surface area contributed by atoms with Gasteiger partial charge in [-0.05, 0) is 41.1 Å². The number of hydrogen-bond donors (Lipinski definition) is 0. The smallest absolute Gasteiger partial charge is 0.416 e. The number of carbonyl (C=O) groups is 1.